The van der Waals surface area contributed by atoms with Crippen LogP contribution < -0.4 is 10.6 Å². The molecule has 1 aliphatic rings. The second-order valence-electron chi connectivity index (χ2n) is 7.16. The molecule has 0 radical (unpaired) electrons. The predicted octanol–water partition coefficient (Wildman–Crippen LogP) is 2.55. The summed E-state index contributed by atoms with van der Waals surface area (Å²) >= 11 is 5.87. The van der Waals surface area contributed by atoms with Gasteiger partial charge in [0.2, 0.25) is 5.91 Å². The summed E-state index contributed by atoms with van der Waals surface area (Å²) in [4.78, 5) is 27.3. The number of halogens is 1. The van der Waals surface area contributed by atoms with Crippen molar-refractivity contribution in [3.05, 3.63) is 34.9 Å². The minimum absolute atomic E-state index is 0.0228. The molecule has 0 spiro atoms. The van der Waals surface area contributed by atoms with Crippen LogP contribution in [0, 0.1) is 11.8 Å². The Morgan fingerprint density at radius 3 is 2.56 bits per heavy atom. The fourth-order valence-electron chi connectivity index (χ4n) is 3.24. The molecule has 2 rings (SSSR count). The van der Waals surface area contributed by atoms with Crippen LogP contribution in [0.2, 0.25) is 5.02 Å². The van der Waals surface area contributed by atoms with Gasteiger partial charge in [-0.3, -0.25) is 9.59 Å². The molecule has 1 aromatic carbocycles. The Kier molecular flexibility index (Phi) is 7.26. The predicted molar refractivity (Wildman–Crippen MR) is 101 cm³/mol. The van der Waals surface area contributed by atoms with Gasteiger partial charge in [-0.05, 0) is 62.5 Å². The Bertz CT molecular complexity index is 589. The third kappa shape index (κ3) is 5.72. The van der Waals surface area contributed by atoms with Gasteiger partial charge in [-0.25, -0.2) is 0 Å². The second kappa shape index (κ2) is 9.20. The van der Waals surface area contributed by atoms with E-state index >= 15 is 0 Å². The van der Waals surface area contributed by atoms with Gasteiger partial charge in [0.05, 0.1) is 0 Å². The number of nitrogens with one attached hydrogen (secondary N) is 2. The molecule has 6 heteroatoms. The molecule has 1 aliphatic heterocycles. The van der Waals surface area contributed by atoms with E-state index in [1.54, 1.807) is 24.3 Å². The number of amides is 2. The summed E-state index contributed by atoms with van der Waals surface area (Å²) in [5.74, 6) is 0.590. The molecule has 5 nitrogen and oxygen atoms in total. The van der Waals surface area contributed by atoms with E-state index in [0.717, 1.165) is 26.1 Å². The summed E-state index contributed by atoms with van der Waals surface area (Å²) in [6.07, 6.45) is 1.64. The van der Waals surface area contributed by atoms with Gasteiger partial charge in [-0.15, -0.1) is 0 Å². The lowest BCUT2D eigenvalue weighted by atomic mass is 10.0. The highest BCUT2D eigenvalue weighted by Gasteiger charge is 2.31. The van der Waals surface area contributed by atoms with E-state index in [-0.39, 0.29) is 11.8 Å². The summed E-state index contributed by atoms with van der Waals surface area (Å²) < 4.78 is 0. The van der Waals surface area contributed by atoms with Crippen molar-refractivity contribution >= 4 is 23.4 Å². The van der Waals surface area contributed by atoms with Crippen LogP contribution in [-0.2, 0) is 4.79 Å². The van der Waals surface area contributed by atoms with Gasteiger partial charge in [0.1, 0.15) is 6.04 Å². The van der Waals surface area contributed by atoms with Gasteiger partial charge < -0.3 is 15.5 Å². The molecule has 1 fully saturated rings. The van der Waals surface area contributed by atoms with E-state index in [2.05, 4.69) is 24.5 Å². The van der Waals surface area contributed by atoms with Gasteiger partial charge in [0, 0.05) is 23.7 Å². The minimum atomic E-state index is -0.489. The van der Waals surface area contributed by atoms with Crippen LogP contribution in [0.25, 0.3) is 0 Å². The quantitative estimate of drug-likeness (QED) is 0.780. The third-order valence-electron chi connectivity index (χ3n) is 4.51. The first-order chi connectivity index (χ1) is 11.9. The van der Waals surface area contributed by atoms with Gasteiger partial charge >= 0.3 is 0 Å². The highest BCUT2D eigenvalue weighted by atomic mass is 35.5. The number of carbonyl (C=O) groups excluding carboxylic acids is 2. The number of benzene rings is 1. The van der Waals surface area contributed by atoms with E-state index in [4.69, 9.17) is 11.6 Å². The zero-order chi connectivity index (χ0) is 18.4. The van der Waals surface area contributed by atoms with Crippen molar-refractivity contribution in [2.24, 2.45) is 11.8 Å². The number of rotatable bonds is 7. The molecule has 2 atom stereocenters. The summed E-state index contributed by atoms with van der Waals surface area (Å²) in [5.41, 5.74) is 0.514. The average molecular weight is 366 g/mol. The zero-order valence-corrected chi connectivity index (χ0v) is 16.0. The van der Waals surface area contributed by atoms with E-state index in [1.165, 1.54) is 0 Å². The normalized spacial score (nSPS) is 18.4. The van der Waals surface area contributed by atoms with Crippen molar-refractivity contribution < 1.29 is 9.59 Å². The van der Waals surface area contributed by atoms with Crippen LogP contribution >= 0.6 is 11.6 Å². The molecule has 1 heterocycles. The molecule has 2 unspecified atom stereocenters. The van der Waals surface area contributed by atoms with Crippen molar-refractivity contribution in [3.63, 3.8) is 0 Å². The minimum Gasteiger partial charge on any atom is -0.341 e. The Morgan fingerprint density at radius 2 is 1.96 bits per heavy atom. The zero-order valence-electron chi connectivity index (χ0n) is 15.2. The van der Waals surface area contributed by atoms with E-state index < -0.39 is 6.04 Å². The number of likely N-dealkylation sites (tertiary alicyclic amines) is 1. The first-order valence-electron chi connectivity index (χ1n) is 8.90. The fourth-order valence-corrected chi connectivity index (χ4v) is 3.37. The van der Waals surface area contributed by atoms with Crippen molar-refractivity contribution in [1.82, 2.24) is 15.5 Å². The van der Waals surface area contributed by atoms with Gasteiger partial charge in [0.25, 0.3) is 5.91 Å². The average Bonchev–Trinajstić information content (AvgIpc) is 3.02. The fraction of sp³-hybridized carbons (Fsp3) is 0.579. The van der Waals surface area contributed by atoms with Crippen LogP contribution in [-0.4, -0.2) is 49.4 Å². The number of hydrogen-bond acceptors (Lipinski definition) is 3. The SMILES string of the molecule is CNCC1CCN(C(=O)C(CC(C)C)NC(=O)c2ccc(Cl)cc2)C1. The standard InChI is InChI=1S/C19H28ClN3O2/c1-13(2)10-17(19(25)23-9-8-14(12-23)11-21-3)22-18(24)15-4-6-16(20)7-5-15/h4-7,13-14,17,21H,8-12H2,1-3H3,(H,22,24). The van der Waals surface area contributed by atoms with E-state index in [9.17, 15) is 9.59 Å². The lowest BCUT2D eigenvalue weighted by Crippen LogP contribution is -2.48. The number of hydrogen-bond donors (Lipinski definition) is 2. The summed E-state index contributed by atoms with van der Waals surface area (Å²) in [6, 6.07) is 6.22. The maximum Gasteiger partial charge on any atom is 0.251 e. The van der Waals surface area contributed by atoms with Gasteiger partial charge in [-0.1, -0.05) is 25.4 Å². The summed E-state index contributed by atoms with van der Waals surface area (Å²) in [5, 5.41) is 6.67. The van der Waals surface area contributed by atoms with Crippen LogP contribution in [0.1, 0.15) is 37.0 Å². The van der Waals surface area contributed by atoms with Gasteiger partial charge in [0.15, 0.2) is 0 Å². The Hall–Kier alpha value is -1.59. The van der Waals surface area contributed by atoms with Crippen LogP contribution in [0.15, 0.2) is 24.3 Å². The summed E-state index contributed by atoms with van der Waals surface area (Å²) in [6.45, 7) is 6.54. The molecule has 1 saturated heterocycles. The topological polar surface area (TPSA) is 61.4 Å². The van der Waals surface area contributed by atoms with Gasteiger partial charge in [-0.2, -0.15) is 0 Å². The number of nitrogens with zero attached hydrogens (tertiary/aromatic N) is 1. The Labute approximate surface area is 155 Å². The second-order valence-corrected chi connectivity index (χ2v) is 7.60. The first kappa shape index (κ1) is 19.7. The molecular weight excluding hydrogens is 338 g/mol. The molecule has 0 aliphatic carbocycles. The Morgan fingerprint density at radius 1 is 1.28 bits per heavy atom. The van der Waals surface area contributed by atoms with E-state index in [0.29, 0.717) is 28.8 Å². The van der Waals surface area contributed by atoms with Crippen molar-refractivity contribution in [1.29, 1.82) is 0 Å². The van der Waals surface area contributed by atoms with Crippen molar-refractivity contribution in [2.75, 3.05) is 26.7 Å². The highest BCUT2D eigenvalue weighted by molar-refractivity contribution is 6.30. The molecule has 0 aromatic heterocycles. The third-order valence-corrected chi connectivity index (χ3v) is 4.76. The van der Waals surface area contributed by atoms with E-state index in [1.807, 2.05) is 11.9 Å². The first-order valence-corrected chi connectivity index (χ1v) is 9.28. The molecule has 0 bridgehead atoms. The highest BCUT2D eigenvalue weighted by Crippen LogP contribution is 2.19. The Balaban J connectivity index is 2.03. The molecule has 1 aromatic rings. The molecule has 138 valence electrons. The molecule has 2 amide bonds. The molecule has 2 N–H and O–H groups in total. The smallest absolute Gasteiger partial charge is 0.251 e. The largest absolute Gasteiger partial charge is 0.341 e. The maximum atomic E-state index is 12.9. The van der Waals surface area contributed by atoms with Crippen molar-refractivity contribution in [3.8, 4) is 0 Å². The number of carbonyl (C=O) groups is 2. The monoisotopic (exact) mass is 365 g/mol. The van der Waals surface area contributed by atoms with Crippen LogP contribution in [0.5, 0.6) is 0 Å². The van der Waals surface area contributed by atoms with Crippen LogP contribution in [0.4, 0.5) is 0 Å². The van der Waals surface area contributed by atoms with Crippen molar-refractivity contribution in [2.45, 2.75) is 32.7 Å². The molecule has 25 heavy (non-hydrogen) atoms. The summed E-state index contributed by atoms with van der Waals surface area (Å²) in [7, 11) is 1.93. The molecular formula is C19H28ClN3O2. The lowest BCUT2D eigenvalue weighted by Gasteiger charge is -2.25. The lowest BCUT2D eigenvalue weighted by molar-refractivity contribution is -0.132. The van der Waals surface area contributed by atoms with Crippen LogP contribution in [0.3, 0.4) is 0 Å². The maximum absolute atomic E-state index is 12.9. The molecule has 0 saturated carbocycles.